The first-order chi connectivity index (χ1) is 14.2. The van der Waals surface area contributed by atoms with Crippen molar-refractivity contribution in [1.29, 1.82) is 0 Å². The summed E-state index contributed by atoms with van der Waals surface area (Å²) in [6, 6.07) is 4.28. The average molecular weight is 395 g/mol. The topological polar surface area (TPSA) is 57.9 Å². The molecule has 6 heteroatoms. The van der Waals surface area contributed by atoms with Crippen LogP contribution < -0.4 is 0 Å². The number of nitrogens with zero attached hydrogens (tertiary/aromatic N) is 4. The van der Waals surface area contributed by atoms with Crippen molar-refractivity contribution in [2.75, 3.05) is 26.2 Å². The first-order valence-electron chi connectivity index (χ1n) is 11.3. The number of rotatable bonds is 3. The summed E-state index contributed by atoms with van der Waals surface area (Å²) in [5, 5.41) is 4.39. The van der Waals surface area contributed by atoms with Gasteiger partial charge in [0.25, 0.3) is 5.91 Å². The highest BCUT2D eigenvalue weighted by molar-refractivity contribution is 6.00. The van der Waals surface area contributed by atoms with Crippen LogP contribution in [0.3, 0.4) is 0 Å². The molecule has 0 N–H and O–H groups in total. The van der Waals surface area contributed by atoms with E-state index in [1.807, 2.05) is 15.6 Å². The van der Waals surface area contributed by atoms with Gasteiger partial charge in [-0.25, -0.2) is 4.52 Å². The number of amides is 2. The molecule has 0 bridgehead atoms. The van der Waals surface area contributed by atoms with Crippen LogP contribution in [-0.2, 0) is 4.79 Å². The molecular weight excluding hydrogens is 364 g/mol. The van der Waals surface area contributed by atoms with Crippen LogP contribution >= 0.6 is 0 Å². The number of pyridine rings is 1. The molecule has 3 aliphatic rings. The van der Waals surface area contributed by atoms with Crippen LogP contribution in [0.1, 0.15) is 73.2 Å². The maximum atomic E-state index is 12.9. The molecule has 1 saturated carbocycles. The Labute approximate surface area is 171 Å². The largest absolute Gasteiger partial charge is 0.342 e. The van der Waals surface area contributed by atoms with E-state index < -0.39 is 0 Å². The molecule has 2 aliphatic heterocycles. The van der Waals surface area contributed by atoms with Gasteiger partial charge in [0.15, 0.2) is 0 Å². The Bertz CT molecular complexity index is 901. The normalized spacial score (nSPS) is 21.4. The molecule has 0 unspecified atom stereocenters. The zero-order valence-electron chi connectivity index (χ0n) is 17.1. The van der Waals surface area contributed by atoms with Gasteiger partial charge in [0.2, 0.25) is 5.91 Å². The van der Waals surface area contributed by atoms with Crippen LogP contribution in [0, 0.1) is 5.92 Å². The van der Waals surface area contributed by atoms with Crippen LogP contribution in [0.25, 0.3) is 5.52 Å². The fourth-order valence-electron chi connectivity index (χ4n) is 5.37. The van der Waals surface area contributed by atoms with Gasteiger partial charge in [-0.1, -0.05) is 12.8 Å². The number of hydrogen-bond donors (Lipinski definition) is 0. The minimum atomic E-state index is 0.103. The van der Waals surface area contributed by atoms with Gasteiger partial charge in [-0.3, -0.25) is 9.59 Å². The number of hydrogen-bond acceptors (Lipinski definition) is 3. The molecule has 2 aromatic rings. The molecule has 1 aliphatic carbocycles. The smallest absolute Gasteiger partial charge is 0.257 e. The van der Waals surface area contributed by atoms with E-state index in [4.69, 9.17) is 0 Å². The lowest BCUT2D eigenvalue weighted by Gasteiger charge is -2.34. The molecule has 3 fully saturated rings. The summed E-state index contributed by atoms with van der Waals surface area (Å²) in [5.74, 6) is 1.20. The van der Waals surface area contributed by atoms with Crippen molar-refractivity contribution in [3.8, 4) is 0 Å². The first-order valence-corrected chi connectivity index (χ1v) is 11.3. The second-order valence-electron chi connectivity index (χ2n) is 8.93. The third-order valence-electron chi connectivity index (χ3n) is 7.15. The second-order valence-corrected chi connectivity index (χ2v) is 8.93. The molecule has 4 heterocycles. The third-order valence-corrected chi connectivity index (χ3v) is 7.15. The Morgan fingerprint density at radius 2 is 1.62 bits per heavy atom. The molecule has 5 rings (SSSR count). The minimum Gasteiger partial charge on any atom is -0.342 e. The maximum Gasteiger partial charge on any atom is 0.257 e. The molecule has 2 aromatic heterocycles. The molecule has 0 aromatic carbocycles. The Morgan fingerprint density at radius 3 is 2.34 bits per heavy atom. The number of likely N-dealkylation sites (tertiary alicyclic amines) is 2. The minimum absolute atomic E-state index is 0.103. The Hall–Kier alpha value is -2.37. The van der Waals surface area contributed by atoms with Crippen LogP contribution in [0.15, 0.2) is 24.5 Å². The van der Waals surface area contributed by atoms with Gasteiger partial charge in [0, 0.05) is 38.3 Å². The quantitative estimate of drug-likeness (QED) is 0.801. The van der Waals surface area contributed by atoms with E-state index in [1.54, 1.807) is 6.20 Å². The predicted molar refractivity (Wildman–Crippen MR) is 111 cm³/mol. The fourth-order valence-corrected chi connectivity index (χ4v) is 5.37. The first kappa shape index (κ1) is 18.6. The van der Waals surface area contributed by atoms with Gasteiger partial charge in [0.1, 0.15) is 0 Å². The summed E-state index contributed by atoms with van der Waals surface area (Å²) in [7, 11) is 0. The van der Waals surface area contributed by atoms with Crippen molar-refractivity contribution in [3.05, 3.63) is 35.7 Å². The zero-order chi connectivity index (χ0) is 19.8. The summed E-state index contributed by atoms with van der Waals surface area (Å²) in [5.41, 5.74) is 2.88. The van der Waals surface area contributed by atoms with E-state index in [9.17, 15) is 9.59 Å². The Morgan fingerprint density at radius 1 is 0.897 bits per heavy atom. The van der Waals surface area contributed by atoms with Crippen molar-refractivity contribution in [3.63, 3.8) is 0 Å². The number of carbonyl (C=O) groups is 2. The lowest BCUT2D eigenvalue weighted by atomic mass is 9.89. The molecule has 154 valence electrons. The van der Waals surface area contributed by atoms with E-state index >= 15 is 0 Å². The highest BCUT2D eigenvalue weighted by atomic mass is 16.2. The summed E-state index contributed by atoms with van der Waals surface area (Å²) in [6.45, 7) is 3.40. The highest BCUT2D eigenvalue weighted by Crippen LogP contribution is 2.32. The number of aromatic nitrogens is 2. The standard InChI is InChI=1S/C23H30N4O2/c28-22(18-5-1-2-6-18)26-12-7-17(8-13-26)19-9-14-27-21(15-19)20(16-24-27)23(29)25-10-3-4-11-25/h9,14-18H,1-8,10-13H2. The van der Waals surface area contributed by atoms with Crippen LogP contribution in [0.4, 0.5) is 0 Å². The van der Waals surface area contributed by atoms with Crippen molar-refractivity contribution in [2.24, 2.45) is 5.92 Å². The van der Waals surface area contributed by atoms with Gasteiger partial charge in [-0.05, 0) is 62.1 Å². The molecule has 0 radical (unpaired) electrons. The summed E-state index contributed by atoms with van der Waals surface area (Å²) in [4.78, 5) is 29.6. The van der Waals surface area contributed by atoms with Crippen LogP contribution in [0.2, 0.25) is 0 Å². The van der Waals surface area contributed by atoms with Crippen molar-refractivity contribution >= 4 is 17.3 Å². The fraction of sp³-hybridized carbons (Fsp3) is 0.609. The van der Waals surface area contributed by atoms with Gasteiger partial charge in [0.05, 0.1) is 17.3 Å². The lowest BCUT2D eigenvalue weighted by molar-refractivity contribution is -0.136. The monoisotopic (exact) mass is 394 g/mol. The lowest BCUT2D eigenvalue weighted by Crippen LogP contribution is -2.40. The Balaban J connectivity index is 1.30. The second kappa shape index (κ2) is 7.81. The Kier molecular flexibility index (Phi) is 5.02. The molecule has 2 amide bonds. The predicted octanol–water partition coefficient (Wildman–Crippen LogP) is 3.47. The molecular formula is C23H30N4O2. The SMILES string of the molecule is O=C(c1cnn2ccc(C3CCN(C(=O)C4CCCC4)CC3)cc12)N1CCCC1. The van der Waals surface area contributed by atoms with E-state index in [0.717, 1.165) is 70.2 Å². The van der Waals surface area contributed by atoms with Gasteiger partial charge in [-0.15, -0.1) is 0 Å². The van der Waals surface area contributed by atoms with Gasteiger partial charge >= 0.3 is 0 Å². The average Bonchev–Trinajstić information content (AvgIpc) is 3.54. The summed E-state index contributed by atoms with van der Waals surface area (Å²) >= 11 is 0. The molecule has 0 atom stereocenters. The highest BCUT2D eigenvalue weighted by Gasteiger charge is 2.30. The number of fused-ring (bicyclic) bond motifs is 1. The molecule has 29 heavy (non-hydrogen) atoms. The summed E-state index contributed by atoms with van der Waals surface area (Å²) < 4.78 is 1.81. The van der Waals surface area contributed by atoms with E-state index in [1.165, 1.54) is 18.4 Å². The van der Waals surface area contributed by atoms with Crippen LogP contribution in [-0.4, -0.2) is 57.4 Å². The van der Waals surface area contributed by atoms with Crippen LogP contribution in [0.5, 0.6) is 0 Å². The van der Waals surface area contributed by atoms with Gasteiger partial charge < -0.3 is 9.80 Å². The number of carbonyl (C=O) groups excluding carboxylic acids is 2. The van der Waals surface area contributed by atoms with E-state index in [2.05, 4.69) is 22.1 Å². The number of piperidine rings is 1. The maximum absolute atomic E-state index is 12.9. The zero-order valence-corrected chi connectivity index (χ0v) is 17.1. The van der Waals surface area contributed by atoms with Crippen molar-refractivity contribution in [2.45, 2.75) is 57.3 Å². The van der Waals surface area contributed by atoms with E-state index in [0.29, 0.717) is 17.4 Å². The van der Waals surface area contributed by atoms with Crippen molar-refractivity contribution < 1.29 is 9.59 Å². The van der Waals surface area contributed by atoms with E-state index in [-0.39, 0.29) is 11.8 Å². The molecule has 6 nitrogen and oxygen atoms in total. The molecule has 0 spiro atoms. The van der Waals surface area contributed by atoms with Crippen molar-refractivity contribution in [1.82, 2.24) is 19.4 Å². The third kappa shape index (κ3) is 3.53. The summed E-state index contributed by atoms with van der Waals surface area (Å²) in [6.07, 6.45) is 12.4. The molecule has 2 saturated heterocycles. The van der Waals surface area contributed by atoms with Gasteiger partial charge in [-0.2, -0.15) is 5.10 Å².